The van der Waals surface area contributed by atoms with E-state index in [1.54, 1.807) is 45.0 Å². The van der Waals surface area contributed by atoms with Crippen LogP contribution >= 0.6 is 0 Å². The van der Waals surface area contributed by atoms with Crippen molar-refractivity contribution in [3.63, 3.8) is 0 Å². The lowest BCUT2D eigenvalue weighted by Gasteiger charge is -2.12. The summed E-state index contributed by atoms with van der Waals surface area (Å²) >= 11 is 0. The number of methoxy groups -OCH3 is 3. The van der Waals surface area contributed by atoms with Gasteiger partial charge in [-0.1, -0.05) is 12.1 Å². The van der Waals surface area contributed by atoms with Crippen LogP contribution in [-0.4, -0.2) is 41.0 Å². The Kier molecular flexibility index (Phi) is 5.81. The molecule has 166 valence electrons. The number of hydrogen-bond donors (Lipinski definition) is 0. The van der Waals surface area contributed by atoms with Crippen molar-refractivity contribution in [3.05, 3.63) is 46.4 Å². The third-order valence-corrected chi connectivity index (χ3v) is 5.15. The lowest BCUT2D eigenvalue weighted by molar-refractivity contribution is 0.324. The van der Waals surface area contributed by atoms with Crippen LogP contribution in [0.4, 0.5) is 0 Å². The molecule has 0 aliphatic rings. The summed E-state index contributed by atoms with van der Waals surface area (Å²) in [5, 5.41) is 4.13. The van der Waals surface area contributed by atoms with Gasteiger partial charge in [0, 0.05) is 17.7 Å². The highest BCUT2D eigenvalue weighted by Crippen LogP contribution is 2.41. The van der Waals surface area contributed by atoms with Crippen molar-refractivity contribution in [2.75, 3.05) is 21.3 Å². The normalized spacial score (nSPS) is 11.0. The first-order chi connectivity index (χ1) is 15.5. The number of ether oxygens (including phenoxy) is 3. The Morgan fingerprint density at radius 3 is 2.31 bits per heavy atom. The van der Waals surface area contributed by atoms with Gasteiger partial charge < -0.3 is 23.3 Å². The number of benzene rings is 2. The maximum atomic E-state index is 12.5. The molecule has 0 fully saturated rings. The predicted molar refractivity (Wildman–Crippen MR) is 119 cm³/mol. The lowest BCUT2D eigenvalue weighted by Crippen LogP contribution is -2.24. The third kappa shape index (κ3) is 3.66. The summed E-state index contributed by atoms with van der Waals surface area (Å²) in [6.45, 7) is 4.38. The Morgan fingerprint density at radius 2 is 1.69 bits per heavy atom. The second-order valence-corrected chi connectivity index (χ2v) is 7.19. The third-order valence-electron chi connectivity index (χ3n) is 5.15. The molecule has 0 atom stereocenters. The van der Waals surface area contributed by atoms with Gasteiger partial charge in [0.1, 0.15) is 5.69 Å². The highest BCUT2D eigenvalue weighted by molar-refractivity contribution is 5.80. The van der Waals surface area contributed by atoms with Crippen LogP contribution in [0, 0.1) is 6.92 Å². The molecular weight excluding hydrogens is 412 g/mol. The molecule has 0 saturated heterocycles. The Morgan fingerprint density at radius 1 is 0.969 bits per heavy atom. The van der Waals surface area contributed by atoms with E-state index >= 15 is 0 Å². The first-order valence-electron chi connectivity index (χ1n) is 10.2. The van der Waals surface area contributed by atoms with Crippen LogP contribution in [0.5, 0.6) is 17.2 Å². The van der Waals surface area contributed by atoms with Crippen molar-refractivity contribution in [3.8, 4) is 40.1 Å². The predicted octanol–water partition coefficient (Wildman–Crippen LogP) is 3.86. The summed E-state index contributed by atoms with van der Waals surface area (Å²) in [5.74, 6) is 2.16. The monoisotopic (exact) mass is 436 g/mol. The highest BCUT2D eigenvalue weighted by atomic mass is 16.5. The summed E-state index contributed by atoms with van der Waals surface area (Å²) in [4.78, 5) is 21.5. The van der Waals surface area contributed by atoms with Crippen LogP contribution in [0.3, 0.4) is 0 Å². The fraction of sp³-hybridized carbons (Fsp3) is 0.304. The van der Waals surface area contributed by atoms with Gasteiger partial charge in [-0.15, -0.1) is 0 Å². The first-order valence-corrected chi connectivity index (χ1v) is 10.2. The fourth-order valence-corrected chi connectivity index (χ4v) is 3.62. The van der Waals surface area contributed by atoms with Crippen molar-refractivity contribution >= 4 is 11.0 Å². The summed E-state index contributed by atoms with van der Waals surface area (Å²) in [6, 6.07) is 9.07. The van der Waals surface area contributed by atoms with E-state index in [0.717, 1.165) is 17.5 Å². The van der Waals surface area contributed by atoms with E-state index < -0.39 is 0 Å². The number of aromatic nitrogens is 4. The van der Waals surface area contributed by atoms with Crippen molar-refractivity contribution < 1.29 is 18.7 Å². The zero-order valence-electron chi connectivity index (χ0n) is 18.6. The molecule has 0 saturated carbocycles. The molecule has 9 heteroatoms. The maximum absolute atomic E-state index is 12.5. The first kappa shape index (κ1) is 21.4. The van der Waals surface area contributed by atoms with E-state index in [0.29, 0.717) is 52.3 Å². The molecule has 0 unspecified atom stereocenters. The smallest absolute Gasteiger partial charge is 0.272 e. The largest absolute Gasteiger partial charge is 0.493 e. The molecule has 32 heavy (non-hydrogen) atoms. The summed E-state index contributed by atoms with van der Waals surface area (Å²) in [6.07, 6.45) is 0.850. The SMILES string of the molecule is CCCn1c(=O)c(C)nc2cc(-c3noc(-c4cc(OC)c(OC)c(OC)c4)n3)ccc21. The number of nitrogens with zero attached hydrogens (tertiary/aromatic N) is 4. The standard InChI is InChI=1S/C23H24N4O5/c1-6-9-27-17-8-7-14(10-16(17)24-13(2)23(27)28)21-25-22(32-26-21)15-11-18(29-3)20(31-5)19(12-15)30-4/h7-8,10-12H,6,9H2,1-5H3. The van der Waals surface area contributed by atoms with Crippen LogP contribution in [0.15, 0.2) is 39.6 Å². The highest BCUT2D eigenvalue weighted by Gasteiger charge is 2.19. The zero-order valence-corrected chi connectivity index (χ0v) is 18.6. The van der Waals surface area contributed by atoms with E-state index in [9.17, 15) is 4.79 Å². The van der Waals surface area contributed by atoms with Crippen LogP contribution < -0.4 is 19.8 Å². The molecule has 4 rings (SSSR count). The van der Waals surface area contributed by atoms with Gasteiger partial charge in [0.25, 0.3) is 11.4 Å². The molecule has 0 amide bonds. The summed E-state index contributed by atoms with van der Waals surface area (Å²) in [7, 11) is 4.63. The Hall–Kier alpha value is -3.88. The van der Waals surface area contributed by atoms with Crippen molar-refractivity contribution in [1.29, 1.82) is 0 Å². The fourth-order valence-electron chi connectivity index (χ4n) is 3.62. The topological polar surface area (TPSA) is 102 Å². The van der Waals surface area contributed by atoms with Gasteiger partial charge in [-0.2, -0.15) is 4.98 Å². The average molecular weight is 436 g/mol. The van der Waals surface area contributed by atoms with Crippen molar-refractivity contribution in [1.82, 2.24) is 19.7 Å². The van der Waals surface area contributed by atoms with E-state index in [2.05, 4.69) is 15.1 Å². The summed E-state index contributed by atoms with van der Waals surface area (Å²) in [5.41, 5.74) is 3.22. The minimum atomic E-state index is -0.0728. The molecule has 2 aromatic heterocycles. The van der Waals surface area contributed by atoms with E-state index in [-0.39, 0.29) is 5.56 Å². The van der Waals surface area contributed by atoms with Crippen LogP contribution in [0.1, 0.15) is 19.0 Å². The van der Waals surface area contributed by atoms with Gasteiger partial charge in [-0.25, -0.2) is 4.98 Å². The second-order valence-electron chi connectivity index (χ2n) is 7.19. The number of aryl methyl sites for hydroxylation is 2. The Bertz CT molecular complexity index is 1320. The summed E-state index contributed by atoms with van der Waals surface area (Å²) < 4.78 is 23.4. The Balaban J connectivity index is 1.77. The second kappa shape index (κ2) is 8.70. The van der Waals surface area contributed by atoms with Gasteiger partial charge in [0.2, 0.25) is 11.6 Å². The molecule has 0 N–H and O–H groups in total. The van der Waals surface area contributed by atoms with Gasteiger partial charge in [-0.3, -0.25) is 4.79 Å². The zero-order chi connectivity index (χ0) is 22.8. The molecular formula is C23H24N4O5. The Labute approximate surface area is 184 Å². The lowest BCUT2D eigenvalue weighted by atomic mass is 10.1. The molecule has 9 nitrogen and oxygen atoms in total. The minimum Gasteiger partial charge on any atom is -0.493 e. The van der Waals surface area contributed by atoms with Crippen LogP contribution in [0.25, 0.3) is 33.9 Å². The number of rotatable bonds is 7. The molecule has 0 bridgehead atoms. The molecule has 0 spiro atoms. The van der Waals surface area contributed by atoms with Crippen LogP contribution in [-0.2, 0) is 6.54 Å². The van der Waals surface area contributed by atoms with Gasteiger partial charge in [-0.05, 0) is 43.7 Å². The number of hydrogen-bond acceptors (Lipinski definition) is 8. The van der Waals surface area contributed by atoms with E-state index in [1.807, 2.05) is 25.1 Å². The van der Waals surface area contributed by atoms with Crippen molar-refractivity contribution in [2.24, 2.45) is 0 Å². The van der Waals surface area contributed by atoms with Crippen molar-refractivity contribution in [2.45, 2.75) is 26.8 Å². The number of fused-ring (bicyclic) bond motifs is 1. The van der Waals surface area contributed by atoms with E-state index in [4.69, 9.17) is 18.7 Å². The minimum absolute atomic E-state index is 0.0728. The molecule has 0 aliphatic carbocycles. The molecule has 2 aromatic carbocycles. The van der Waals surface area contributed by atoms with Gasteiger partial charge in [0.05, 0.1) is 32.4 Å². The van der Waals surface area contributed by atoms with Gasteiger partial charge >= 0.3 is 0 Å². The van der Waals surface area contributed by atoms with E-state index in [1.165, 1.54) is 0 Å². The molecule has 4 aromatic rings. The maximum Gasteiger partial charge on any atom is 0.272 e. The molecule has 0 radical (unpaired) electrons. The molecule has 2 heterocycles. The average Bonchev–Trinajstić information content (AvgIpc) is 3.31. The van der Waals surface area contributed by atoms with Gasteiger partial charge in [0.15, 0.2) is 11.5 Å². The quantitative estimate of drug-likeness (QED) is 0.430. The molecule has 0 aliphatic heterocycles. The van der Waals surface area contributed by atoms with Crippen LogP contribution in [0.2, 0.25) is 0 Å².